The smallest absolute Gasteiger partial charge is 0.309 e. The van der Waals surface area contributed by atoms with E-state index in [0.717, 1.165) is 6.42 Å². The fourth-order valence-corrected chi connectivity index (χ4v) is 2.54. The van der Waals surface area contributed by atoms with Gasteiger partial charge in [-0.3, -0.25) is 4.57 Å². The highest BCUT2D eigenvalue weighted by atomic mass is 31.2. The van der Waals surface area contributed by atoms with Crippen molar-refractivity contribution < 1.29 is 13.6 Å². The molecule has 0 unspecified atom stereocenters. The second-order valence-electron chi connectivity index (χ2n) is 2.53. The minimum absolute atomic E-state index is 0.438. The lowest BCUT2D eigenvalue weighted by atomic mass is 10.4. The first-order valence-electron chi connectivity index (χ1n) is 4.67. The zero-order valence-electron chi connectivity index (χ0n) is 8.66. The van der Waals surface area contributed by atoms with Crippen LogP contribution in [0.5, 0.6) is 0 Å². The fourth-order valence-electron chi connectivity index (χ4n) is 0.959. The molecule has 0 bridgehead atoms. The molecule has 0 radical (unpaired) electrons. The molecule has 0 aromatic heterocycles. The van der Waals surface area contributed by atoms with Crippen LogP contribution in [0.2, 0.25) is 0 Å². The van der Waals surface area contributed by atoms with Crippen molar-refractivity contribution in [3.8, 4) is 0 Å². The van der Waals surface area contributed by atoms with E-state index in [2.05, 4.69) is 0 Å². The second-order valence-corrected chi connectivity index (χ2v) is 4.71. The summed E-state index contributed by atoms with van der Waals surface area (Å²) in [6.07, 6.45) is 5.11. The molecular formula is C9H19O3P. The highest BCUT2D eigenvalue weighted by Gasteiger charge is 2.21. The summed E-state index contributed by atoms with van der Waals surface area (Å²) in [6, 6.07) is 0. The van der Waals surface area contributed by atoms with E-state index in [1.165, 1.54) is 0 Å². The Bertz CT molecular complexity index is 179. The van der Waals surface area contributed by atoms with Crippen molar-refractivity contribution in [3.63, 3.8) is 0 Å². The van der Waals surface area contributed by atoms with Gasteiger partial charge in [0.25, 0.3) is 0 Å². The van der Waals surface area contributed by atoms with Crippen LogP contribution in [0.1, 0.15) is 27.2 Å². The van der Waals surface area contributed by atoms with Crippen molar-refractivity contribution in [2.75, 3.05) is 19.4 Å². The molecule has 0 amide bonds. The van der Waals surface area contributed by atoms with Crippen LogP contribution in [-0.4, -0.2) is 19.4 Å². The molecule has 0 aromatic rings. The number of hydrogen-bond acceptors (Lipinski definition) is 3. The van der Waals surface area contributed by atoms with Gasteiger partial charge < -0.3 is 9.05 Å². The predicted octanol–water partition coefficient (Wildman–Crippen LogP) is 3.22. The molecule has 0 aromatic carbocycles. The predicted molar refractivity (Wildman–Crippen MR) is 55.2 cm³/mol. The maximum atomic E-state index is 11.8. The Kier molecular flexibility index (Phi) is 7.25. The van der Waals surface area contributed by atoms with Crippen molar-refractivity contribution in [2.24, 2.45) is 0 Å². The monoisotopic (exact) mass is 206 g/mol. The van der Waals surface area contributed by atoms with E-state index in [1.807, 2.05) is 32.9 Å². The Labute approximate surface area is 80.7 Å². The van der Waals surface area contributed by atoms with E-state index in [4.69, 9.17) is 9.05 Å². The molecule has 78 valence electrons. The van der Waals surface area contributed by atoms with Crippen LogP contribution in [0.25, 0.3) is 0 Å². The lowest BCUT2D eigenvalue weighted by Crippen LogP contribution is -1.99. The summed E-state index contributed by atoms with van der Waals surface area (Å²) in [7, 11) is -2.80. The molecule has 13 heavy (non-hydrogen) atoms. The summed E-state index contributed by atoms with van der Waals surface area (Å²) in [5.74, 6) is 0. The SMILES string of the molecule is C/C=C/CCP(=O)(OCC)OCC. The highest BCUT2D eigenvalue weighted by Crippen LogP contribution is 2.48. The largest absolute Gasteiger partial charge is 0.330 e. The Balaban J connectivity index is 3.99. The topological polar surface area (TPSA) is 35.5 Å². The molecule has 0 aliphatic heterocycles. The van der Waals surface area contributed by atoms with E-state index < -0.39 is 7.60 Å². The van der Waals surface area contributed by atoms with Gasteiger partial charge in [-0.05, 0) is 27.2 Å². The molecule has 0 N–H and O–H groups in total. The maximum Gasteiger partial charge on any atom is 0.330 e. The van der Waals surface area contributed by atoms with E-state index in [9.17, 15) is 4.57 Å². The summed E-state index contributed by atoms with van der Waals surface area (Å²) >= 11 is 0. The van der Waals surface area contributed by atoms with Crippen LogP contribution in [0.3, 0.4) is 0 Å². The van der Waals surface area contributed by atoms with E-state index in [1.54, 1.807) is 0 Å². The van der Waals surface area contributed by atoms with Gasteiger partial charge >= 0.3 is 7.60 Å². The van der Waals surface area contributed by atoms with Gasteiger partial charge in [0.15, 0.2) is 0 Å². The maximum absolute atomic E-state index is 11.8. The van der Waals surface area contributed by atoms with E-state index >= 15 is 0 Å². The normalized spacial score (nSPS) is 12.5. The molecule has 0 aliphatic carbocycles. The minimum Gasteiger partial charge on any atom is -0.309 e. The van der Waals surface area contributed by atoms with Crippen LogP contribution in [0.4, 0.5) is 0 Å². The van der Waals surface area contributed by atoms with Crippen molar-refractivity contribution in [1.29, 1.82) is 0 Å². The van der Waals surface area contributed by atoms with E-state index in [0.29, 0.717) is 19.4 Å². The summed E-state index contributed by atoms with van der Waals surface area (Å²) in [4.78, 5) is 0. The zero-order chi connectivity index (χ0) is 10.2. The summed E-state index contributed by atoms with van der Waals surface area (Å²) < 4.78 is 22.0. The van der Waals surface area contributed by atoms with Gasteiger partial charge in [-0.15, -0.1) is 0 Å². The van der Waals surface area contributed by atoms with Gasteiger partial charge in [0, 0.05) is 0 Å². The molecule has 0 atom stereocenters. The van der Waals surface area contributed by atoms with Gasteiger partial charge in [0.05, 0.1) is 19.4 Å². The van der Waals surface area contributed by atoms with Gasteiger partial charge in [-0.1, -0.05) is 12.2 Å². The summed E-state index contributed by atoms with van der Waals surface area (Å²) in [5, 5.41) is 0. The lowest BCUT2D eigenvalue weighted by Gasteiger charge is -2.15. The molecule has 0 rings (SSSR count). The van der Waals surface area contributed by atoms with Gasteiger partial charge in [0.1, 0.15) is 0 Å². The average Bonchev–Trinajstić information content (AvgIpc) is 2.05. The standard InChI is InChI=1S/C9H19O3P/c1-4-7-8-9-13(10,11-5-2)12-6-3/h4,7H,5-6,8-9H2,1-3H3/b7-4+. The zero-order valence-corrected chi connectivity index (χ0v) is 9.55. The molecule has 3 nitrogen and oxygen atoms in total. The Morgan fingerprint density at radius 2 is 1.77 bits per heavy atom. The Hall–Kier alpha value is -0.110. The van der Waals surface area contributed by atoms with Crippen molar-refractivity contribution in [2.45, 2.75) is 27.2 Å². The Morgan fingerprint density at radius 3 is 2.15 bits per heavy atom. The number of hydrogen-bond donors (Lipinski definition) is 0. The van der Waals surface area contributed by atoms with Crippen molar-refractivity contribution >= 4 is 7.60 Å². The molecule has 0 spiro atoms. The molecule has 4 heteroatoms. The lowest BCUT2D eigenvalue weighted by molar-refractivity contribution is 0.220. The Morgan fingerprint density at radius 1 is 1.23 bits per heavy atom. The molecule has 0 aliphatic rings. The quantitative estimate of drug-likeness (QED) is 0.474. The first-order chi connectivity index (χ1) is 6.18. The molecule has 0 fully saturated rings. The first-order valence-corrected chi connectivity index (χ1v) is 6.40. The highest BCUT2D eigenvalue weighted by molar-refractivity contribution is 7.53. The number of rotatable bonds is 7. The average molecular weight is 206 g/mol. The van der Waals surface area contributed by atoms with Crippen LogP contribution in [-0.2, 0) is 13.6 Å². The molecule has 0 heterocycles. The third kappa shape index (κ3) is 6.03. The van der Waals surface area contributed by atoms with Crippen molar-refractivity contribution in [3.05, 3.63) is 12.2 Å². The third-order valence-electron chi connectivity index (χ3n) is 1.46. The van der Waals surface area contributed by atoms with Gasteiger partial charge in [-0.2, -0.15) is 0 Å². The summed E-state index contributed by atoms with van der Waals surface area (Å²) in [6.45, 7) is 6.45. The molecule has 0 saturated heterocycles. The summed E-state index contributed by atoms with van der Waals surface area (Å²) in [5.41, 5.74) is 0. The molecule has 0 saturated carbocycles. The first kappa shape index (κ1) is 12.9. The third-order valence-corrected chi connectivity index (χ3v) is 3.57. The van der Waals surface area contributed by atoms with Crippen LogP contribution < -0.4 is 0 Å². The van der Waals surface area contributed by atoms with Crippen LogP contribution >= 0.6 is 7.60 Å². The fraction of sp³-hybridized carbons (Fsp3) is 0.778. The second kappa shape index (κ2) is 7.31. The van der Waals surface area contributed by atoms with Gasteiger partial charge in [-0.25, -0.2) is 0 Å². The minimum atomic E-state index is -2.80. The van der Waals surface area contributed by atoms with Crippen LogP contribution in [0.15, 0.2) is 12.2 Å². The molecular weight excluding hydrogens is 187 g/mol. The van der Waals surface area contributed by atoms with Crippen molar-refractivity contribution in [1.82, 2.24) is 0 Å². The van der Waals surface area contributed by atoms with E-state index in [-0.39, 0.29) is 0 Å². The van der Waals surface area contributed by atoms with Crippen LogP contribution in [0, 0.1) is 0 Å². The number of allylic oxidation sites excluding steroid dienone is 2. The van der Waals surface area contributed by atoms with Gasteiger partial charge in [0.2, 0.25) is 0 Å².